The van der Waals surface area contributed by atoms with Gasteiger partial charge in [0.1, 0.15) is 0 Å². The van der Waals surface area contributed by atoms with E-state index in [0.29, 0.717) is 18.3 Å². The van der Waals surface area contributed by atoms with Crippen LogP contribution in [0.15, 0.2) is 30.4 Å². The second kappa shape index (κ2) is 8.66. The van der Waals surface area contributed by atoms with Crippen molar-refractivity contribution in [2.24, 2.45) is 0 Å². The molecule has 0 aliphatic rings. The Morgan fingerprint density at radius 1 is 1.14 bits per heavy atom. The molecule has 0 atom stereocenters. The molecule has 2 nitrogen and oxygen atoms in total. The first-order chi connectivity index (χ1) is 10.3. The summed E-state index contributed by atoms with van der Waals surface area (Å²) in [7, 11) is 0. The molecule has 0 spiro atoms. The van der Waals surface area contributed by atoms with Crippen molar-refractivity contribution < 1.29 is 13.6 Å². The number of rotatable bonds is 7. The lowest BCUT2D eigenvalue weighted by Gasteiger charge is -2.20. The molecule has 0 saturated heterocycles. The van der Waals surface area contributed by atoms with Crippen molar-refractivity contribution in [3.05, 3.63) is 41.5 Å². The Morgan fingerprint density at radius 2 is 1.68 bits per heavy atom. The number of amides is 1. The molecule has 0 radical (unpaired) electrons. The molecule has 0 bridgehead atoms. The fourth-order valence-corrected chi connectivity index (χ4v) is 2.37. The minimum atomic E-state index is -1.69. The Bertz CT molecular complexity index is 506. The zero-order chi connectivity index (χ0) is 16.7. The maximum absolute atomic E-state index is 12.1. The number of hydrogen-bond donors (Lipinski definition) is 1. The number of halogens is 2. The molecule has 0 saturated carbocycles. The zero-order valence-electron chi connectivity index (χ0n) is 13.7. The summed E-state index contributed by atoms with van der Waals surface area (Å²) in [6.07, 6.45) is 0.0540. The Balaban J connectivity index is 2.82. The highest BCUT2D eigenvalue weighted by Crippen LogP contribution is 2.32. The number of para-hydroxylation sites is 1. The molecule has 0 fully saturated rings. The second-order valence-corrected chi connectivity index (χ2v) is 6.06. The molecule has 1 aromatic rings. The van der Waals surface area contributed by atoms with Crippen LogP contribution in [0.2, 0.25) is 0 Å². The zero-order valence-corrected chi connectivity index (χ0v) is 13.7. The summed E-state index contributed by atoms with van der Waals surface area (Å²) < 4.78 is 23.9. The number of carbonyl (C=O) groups is 1. The van der Waals surface area contributed by atoms with Gasteiger partial charge in [0, 0.05) is 12.1 Å². The standard InChI is InChI=1S/C18H25F2NO/c1-12(2)14-8-7-9-15(13(3)4)18(14)21-17(22)11-6-5-10-16(19)20/h7-10,12-13H,5-6,11H2,1-4H3,(H,21,22). The van der Waals surface area contributed by atoms with E-state index in [0.717, 1.165) is 22.9 Å². The average molecular weight is 309 g/mol. The summed E-state index contributed by atoms with van der Waals surface area (Å²) in [5.74, 6) is 0.484. The van der Waals surface area contributed by atoms with Gasteiger partial charge >= 0.3 is 0 Å². The predicted octanol–water partition coefficient (Wildman–Crippen LogP) is 5.82. The van der Waals surface area contributed by atoms with E-state index in [2.05, 4.69) is 33.0 Å². The molecule has 22 heavy (non-hydrogen) atoms. The van der Waals surface area contributed by atoms with Crippen LogP contribution in [-0.4, -0.2) is 5.91 Å². The summed E-state index contributed by atoms with van der Waals surface area (Å²) in [5, 5.41) is 2.98. The Kier molecular flexibility index (Phi) is 7.22. The third-order valence-electron chi connectivity index (χ3n) is 3.54. The van der Waals surface area contributed by atoms with E-state index in [4.69, 9.17) is 0 Å². The minimum absolute atomic E-state index is 0.123. The van der Waals surface area contributed by atoms with Crippen molar-refractivity contribution in [1.29, 1.82) is 0 Å². The molecule has 1 N–H and O–H groups in total. The van der Waals surface area contributed by atoms with Crippen LogP contribution in [0.3, 0.4) is 0 Å². The summed E-state index contributed by atoms with van der Waals surface area (Å²) in [4.78, 5) is 12.1. The van der Waals surface area contributed by atoms with Crippen molar-refractivity contribution in [2.75, 3.05) is 5.32 Å². The van der Waals surface area contributed by atoms with Crippen molar-refractivity contribution >= 4 is 11.6 Å². The molecule has 1 amide bonds. The van der Waals surface area contributed by atoms with Crippen LogP contribution in [-0.2, 0) is 4.79 Å². The van der Waals surface area contributed by atoms with E-state index < -0.39 is 6.08 Å². The van der Waals surface area contributed by atoms with Crippen LogP contribution in [0.4, 0.5) is 14.5 Å². The van der Waals surface area contributed by atoms with Crippen LogP contribution >= 0.6 is 0 Å². The fraction of sp³-hybridized carbons (Fsp3) is 0.500. The number of nitrogens with one attached hydrogen (secondary N) is 1. The van der Waals surface area contributed by atoms with Crippen LogP contribution in [0, 0.1) is 0 Å². The van der Waals surface area contributed by atoms with Crippen LogP contribution in [0.5, 0.6) is 0 Å². The van der Waals surface area contributed by atoms with E-state index >= 15 is 0 Å². The highest BCUT2D eigenvalue weighted by Gasteiger charge is 2.15. The van der Waals surface area contributed by atoms with Gasteiger partial charge in [-0.2, -0.15) is 8.78 Å². The van der Waals surface area contributed by atoms with Gasteiger partial charge in [-0.05, 0) is 41.9 Å². The second-order valence-electron chi connectivity index (χ2n) is 6.06. The van der Waals surface area contributed by atoms with Gasteiger partial charge in [0.05, 0.1) is 0 Å². The molecule has 0 aliphatic carbocycles. The number of allylic oxidation sites excluding steroid dienone is 1. The molecular weight excluding hydrogens is 284 g/mol. The van der Waals surface area contributed by atoms with Gasteiger partial charge in [-0.15, -0.1) is 0 Å². The van der Waals surface area contributed by atoms with Gasteiger partial charge < -0.3 is 5.32 Å². The normalized spacial score (nSPS) is 10.9. The summed E-state index contributed by atoms with van der Waals surface area (Å²) in [5.41, 5.74) is 3.09. The van der Waals surface area contributed by atoms with Crippen molar-refractivity contribution in [1.82, 2.24) is 0 Å². The van der Waals surface area contributed by atoms with Gasteiger partial charge in [-0.3, -0.25) is 4.79 Å². The average Bonchev–Trinajstić information content (AvgIpc) is 2.43. The number of carbonyl (C=O) groups excluding carboxylic acids is 1. The molecule has 1 aromatic carbocycles. The predicted molar refractivity (Wildman–Crippen MR) is 87.4 cm³/mol. The van der Waals surface area contributed by atoms with E-state index in [1.165, 1.54) is 0 Å². The first-order valence-corrected chi connectivity index (χ1v) is 7.76. The van der Waals surface area contributed by atoms with Gasteiger partial charge in [0.15, 0.2) is 0 Å². The third-order valence-corrected chi connectivity index (χ3v) is 3.54. The summed E-state index contributed by atoms with van der Waals surface area (Å²) in [6, 6.07) is 6.05. The summed E-state index contributed by atoms with van der Waals surface area (Å²) >= 11 is 0. The monoisotopic (exact) mass is 309 g/mol. The largest absolute Gasteiger partial charge is 0.326 e. The van der Waals surface area contributed by atoms with Crippen molar-refractivity contribution in [2.45, 2.75) is 58.8 Å². The van der Waals surface area contributed by atoms with Gasteiger partial charge in [0.25, 0.3) is 6.08 Å². The highest BCUT2D eigenvalue weighted by atomic mass is 19.3. The third kappa shape index (κ3) is 5.58. The number of hydrogen-bond acceptors (Lipinski definition) is 1. The molecule has 1 rings (SSSR count). The van der Waals surface area contributed by atoms with Gasteiger partial charge in [-0.1, -0.05) is 45.9 Å². The fourth-order valence-electron chi connectivity index (χ4n) is 2.37. The van der Waals surface area contributed by atoms with Crippen molar-refractivity contribution in [3.8, 4) is 0 Å². The maximum Gasteiger partial charge on any atom is 0.266 e. The molecule has 122 valence electrons. The van der Waals surface area contributed by atoms with Gasteiger partial charge in [-0.25, -0.2) is 0 Å². The molecule has 0 aliphatic heterocycles. The molecular formula is C18H25F2NO. The number of anilines is 1. The lowest BCUT2D eigenvalue weighted by atomic mass is 9.92. The van der Waals surface area contributed by atoms with Crippen LogP contribution in [0.1, 0.15) is 69.9 Å². The van der Waals surface area contributed by atoms with Crippen LogP contribution in [0.25, 0.3) is 0 Å². The van der Waals surface area contributed by atoms with Gasteiger partial charge in [0.2, 0.25) is 5.91 Å². The molecule has 0 unspecified atom stereocenters. The van der Waals surface area contributed by atoms with E-state index in [-0.39, 0.29) is 18.7 Å². The van der Waals surface area contributed by atoms with E-state index in [1.807, 2.05) is 18.2 Å². The maximum atomic E-state index is 12.1. The first-order valence-electron chi connectivity index (χ1n) is 7.76. The summed E-state index contributed by atoms with van der Waals surface area (Å²) in [6.45, 7) is 8.35. The SMILES string of the molecule is CC(C)c1cccc(C(C)C)c1NC(=O)CCCC=C(F)F. The van der Waals surface area contributed by atoms with E-state index in [9.17, 15) is 13.6 Å². The Morgan fingerprint density at radius 3 is 2.14 bits per heavy atom. The van der Waals surface area contributed by atoms with Crippen molar-refractivity contribution in [3.63, 3.8) is 0 Å². The Hall–Kier alpha value is -1.71. The molecule has 0 aromatic heterocycles. The lowest BCUT2D eigenvalue weighted by Crippen LogP contribution is -2.15. The number of unbranched alkanes of at least 4 members (excludes halogenated alkanes) is 1. The molecule has 0 heterocycles. The first kappa shape index (κ1) is 18.3. The number of benzene rings is 1. The quantitative estimate of drug-likeness (QED) is 0.631. The topological polar surface area (TPSA) is 29.1 Å². The van der Waals surface area contributed by atoms with Crippen LogP contribution < -0.4 is 5.32 Å². The van der Waals surface area contributed by atoms with E-state index in [1.54, 1.807) is 0 Å². The highest BCUT2D eigenvalue weighted by molar-refractivity contribution is 5.92. The Labute approximate surface area is 131 Å². The minimum Gasteiger partial charge on any atom is -0.326 e. The molecule has 4 heteroatoms. The smallest absolute Gasteiger partial charge is 0.266 e. The lowest BCUT2D eigenvalue weighted by molar-refractivity contribution is -0.116.